The van der Waals surface area contributed by atoms with Crippen LogP contribution in [0.5, 0.6) is 5.88 Å². The average molecular weight is 322 g/mol. The number of carbonyl (C=O) groups is 2. The summed E-state index contributed by atoms with van der Waals surface area (Å²) in [7, 11) is 1.70. The van der Waals surface area contributed by atoms with Crippen LogP contribution in [0.3, 0.4) is 0 Å². The van der Waals surface area contributed by atoms with Crippen molar-refractivity contribution in [2.45, 2.75) is 12.8 Å². The molecule has 2 fully saturated rings. The van der Waals surface area contributed by atoms with Crippen molar-refractivity contribution in [1.82, 2.24) is 19.6 Å². The number of aromatic nitrogens is 2. The number of ether oxygens (including phenoxy) is 2. The second-order valence-electron chi connectivity index (χ2n) is 5.77. The molecule has 0 unspecified atom stereocenters. The first-order valence-electron chi connectivity index (χ1n) is 7.97. The molecule has 2 aliphatic rings. The highest BCUT2D eigenvalue weighted by molar-refractivity contribution is 5.92. The number of hydrogen-bond donors (Lipinski definition) is 0. The van der Waals surface area contributed by atoms with E-state index in [2.05, 4.69) is 5.10 Å². The molecule has 2 amide bonds. The standard InChI is InChI=1S/C15H22N4O4/c1-17-14(23-11-13(20)18-6-8-22-9-7-18)10-12(16-17)15(21)19-4-2-3-5-19/h10H,2-9,11H2,1H3. The van der Waals surface area contributed by atoms with E-state index in [1.165, 1.54) is 4.68 Å². The molecule has 2 aliphatic heterocycles. The molecule has 0 N–H and O–H groups in total. The number of carbonyl (C=O) groups excluding carboxylic acids is 2. The SMILES string of the molecule is Cn1nc(C(=O)N2CCCC2)cc1OCC(=O)N1CCOCC1. The van der Waals surface area contributed by atoms with Gasteiger partial charge in [-0.1, -0.05) is 0 Å². The Morgan fingerprint density at radius 1 is 1.17 bits per heavy atom. The van der Waals surface area contributed by atoms with E-state index in [0.717, 1.165) is 25.9 Å². The molecule has 0 saturated carbocycles. The minimum Gasteiger partial charge on any atom is -0.468 e. The van der Waals surface area contributed by atoms with Crippen LogP contribution in [0.2, 0.25) is 0 Å². The highest BCUT2D eigenvalue weighted by Gasteiger charge is 2.23. The second-order valence-corrected chi connectivity index (χ2v) is 5.77. The fraction of sp³-hybridized carbons (Fsp3) is 0.667. The summed E-state index contributed by atoms with van der Waals surface area (Å²) in [6, 6.07) is 1.60. The van der Waals surface area contributed by atoms with Gasteiger partial charge in [0.2, 0.25) is 5.88 Å². The first-order chi connectivity index (χ1) is 11.1. The number of rotatable bonds is 4. The molecular formula is C15H22N4O4. The molecule has 8 heteroatoms. The number of likely N-dealkylation sites (tertiary alicyclic amines) is 1. The number of morpholine rings is 1. The van der Waals surface area contributed by atoms with E-state index in [-0.39, 0.29) is 18.4 Å². The van der Waals surface area contributed by atoms with Gasteiger partial charge in [-0.15, -0.1) is 0 Å². The maximum Gasteiger partial charge on any atom is 0.274 e. The van der Waals surface area contributed by atoms with E-state index in [1.54, 1.807) is 22.9 Å². The van der Waals surface area contributed by atoms with Crippen molar-refractivity contribution in [3.05, 3.63) is 11.8 Å². The first kappa shape index (κ1) is 15.8. The maximum absolute atomic E-state index is 12.3. The smallest absolute Gasteiger partial charge is 0.274 e. The van der Waals surface area contributed by atoms with Crippen LogP contribution in [-0.4, -0.2) is 77.4 Å². The summed E-state index contributed by atoms with van der Waals surface area (Å²) in [6.07, 6.45) is 2.08. The Hall–Kier alpha value is -2.09. The number of amides is 2. The van der Waals surface area contributed by atoms with Crippen molar-refractivity contribution in [3.63, 3.8) is 0 Å². The number of nitrogens with zero attached hydrogens (tertiary/aromatic N) is 4. The fourth-order valence-electron chi connectivity index (χ4n) is 2.81. The van der Waals surface area contributed by atoms with E-state index in [9.17, 15) is 9.59 Å². The third-order valence-electron chi connectivity index (χ3n) is 4.16. The van der Waals surface area contributed by atoms with Crippen LogP contribution in [0.4, 0.5) is 0 Å². The summed E-state index contributed by atoms with van der Waals surface area (Å²) in [5.41, 5.74) is 0.364. The predicted octanol–water partition coefficient (Wildman–Crippen LogP) is -0.106. The molecular weight excluding hydrogens is 300 g/mol. The Labute approximate surface area is 134 Å². The van der Waals surface area contributed by atoms with Gasteiger partial charge in [-0.25, -0.2) is 4.68 Å². The molecule has 0 bridgehead atoms. The molecule has 0 atom stereocenters. The highest BCUT2D eigenvalue weighted by atomic mass is 16.5. The summed E-state index contributed by atoms with van der Waals surface area (Å²) in [6.45, 7) is 3.80. The Bertz CT molecular complexity index is 574. The Morgan fingerprint density at radius 3 is 2.57 bits per heavy atom. The van der Waals surface area contributed by atoms with E-state index in [4.69, 9.17) is 9.47 Å². The molecule has 23 heavy (non-hydrogen) atoms. The second kappa shape index (κ2) is 6.99. The lowest BCUT2D eigenvalue weighted by Crippen LogP contribution is -2.43. The maximum atomic E-state index is 12.3. The van der Waals surface area contributed by atoms with Gasteiger partial charge in [0, 0.05) is 39.3 Å². The molecule has 3 heterocycles. The molecule has 0 aliphatic carbocycles. The van der Waals surface area contributed by atoms with Gasteiger partial charge >= 0.3 is 0 Å². The van der Waals surface area contributed by atoms with Crippen LogP contribution in [0.1, 0.15) is 23.3 Å². The molecule has 1 aromatic rings. The largest absolute Gasteiger partial charge is 0.468 e. The molecule has 2 saturated heterocycles. The summed E-state index contributed by atoms with van der Waals surface area (Å²) in [4.78, 5) is 27.9. The van der Waals surface area contributed by atoms with Gasteiger partial charge in [0.05, 0.1) is 13.2 Å². The van der Waals surface area contributed by atoms with Crippen molar-refractivity contribution >= 4 is 11.8 Å². The minimum atomic E-state index is -0.0816. The van der Waals surface area contributed by atoms with Crippen LogP contribution < -0.4 is 4.74 Å². The number of hydrogen-bond acceptors (Lipinski definition) is 5. The normalized spacial score (nSPS) is 18.3. The van der Waals surface area contributed by atoms with Crippen LogP contribution in [0, 0.1) is 0 Å². The zero-order chi connectivity index (χ0) is 16.2. The summed E-state index contributed by atoms with van der Waals surface area (Å²) in [5.74, 6) is 0.267. The van der Waals surface area contributed by atoms with Gasteiger partial charge in [0.1, 0.15) is 0 Å². The van der Waals surface area contributed by atoms with E-state index in [1.807, 2.05) is 0 Å². The summed E-state index contributed by atoms with van der Waals surface area (Å²) < 4.78 is 12.3. The zero-order valence-electron chi connectivity index (χ0n) is 13.4. The van der Waals surface area contributed by atoms with Gasteiger partial charge in [-0.3, -0.25) is 9.59 Å². The quantitative estimate of drug-likeness (QED) is 0.773. The molecule has 3 rings (SSSR count). The zero-order valence-corrected chi connectivity index (χ0v) is 13.4. The third-order valence-corrected chi connectivity index (χ3v) is 4.16. The highest BCUT2D eigenvalue weighted by Crippen LogP contribution is 2.17. The molecule has 1 aromatic heterocycles. The lowest BCUT2D eigenvalue weighted by molar-refractivity contribution is -0.137. The van der Waals surface area contributed by atoms with Gasteiger partial charge < -0.3 is 19.3 Å². The lowest BCUT2D eigenvalue weighted by atomic mass is 10.3. The predicted molar refractivity (Wildman–Crippen MR) is 81.2 cm³/mol. The lowest BCUT2D eigenvalue weighted by Gasteiger charge is -2.26. The van der Waals surface area contributed by atoms with Crippen molar-refractivity contribution in [1.29, 1.82) is 0 Å². The fourth-order valence-corrected chi connectivity index (χ4v) is 2.81. The Kier molecular flexibility index (Phi) is 4.80. The van der Waals surface area contributed by atoms with E-state index >= 15 is 0 Å². The molecule has 0 aromatic carbocycles. The Morgan fingerprint density at radius 2 is 1.87 bits per heavy atom. The summed E-state index contributed by atoms with van der Waals surface area (Å²) >= 11 is 0. The molecule has 0 spiro atoms. The molecule has 0 radical (unpaired) electrons. The summed E-state index contributed by atoms with van der Waals surface area (Å²) in [5, 5.41) is 4.20. The monoisotopic (exact) mass is 322 g/mol. The van der Waals surface area contributed by atoms with Gasteiger partial charge in [0.25, 0.3) is 11.8 Å². The molecule has 126 valence electrons. The van der Waals surface area contributed by atoms with E-state index < -0.39 is 0 Å². The van der Waals surface area contributed by atoms with Gasteiger partial charge in [-0.05, 0) is 12.8 Å². The van der Waals surface area contributed by atoms with Crippen molar-refractivity contribution in [2.24, 2.45) is 7.05 Å². The van der Waals surface area contributed by atoms with E-state index in [0.29, 0.717) is 37.9 Å². The van der Waals surface area contributed by atoms with Crippen LogP contribution in [0.25, 0.3) is 0 Å². The van der Waals surface area contributed by atoms with Crippen LogP contribution >= 0.6 is 0 Å². The van der Waals surface area contributed by atoms with Gasteiger partial charge in [-0.2, -0.15) is 5.10 Å². The Balaban J connectivity index is 1.57. The van der Waals surface area contributed by atoms with Crippen LogP contribution in [-0.2, 0) is 16.6 Å². The number of aryl methyl sites for hydroxylation is 1. The first-order valence-corrected chi connectivity index (χ1v) is 7.97. The van der Waals surface area contributed by atoms with Crippen molar-refractivity contribution in [2.75, 3.05) is 46.0 Å². The van der Waals surface area contributed by atoms with Crippen molar-refractivity contribution in [3.8, 4) is 5.88 Å². The average Bonchev–Trinajstić information content (AvgIpc) is 3.23. The molecule has 8 nitrogen and oxygen atoms in total. The third kappa shape index (κ3) is 3.64. The van der Waals surface area contributed by atoms with Crippen molar-refractivity contribution < 1.29 is 19.1 Å². The minimum absolute atomic E-state index is 0.0587. The van der Waals surface area contributed by atoms with Crippen LogP contribution in [0.15, 0.2) is 6.07 Å². The topological polar surface area (TPSA) is 76.9 Å². The van der Waals surface area contributed by atoms with Gasteiger partial charge in [0.15, 0.2) is 12.3 Å².